The van der Waals surface area contributed by atoms with Crippen LogP contribution in [0.4, 0.5) is 11.4 Å². The number of para-hydroxylation sites is 1. The summed E-state index contributed by atoms with van der Waals surface area (Å²) in [5.74, 6) is 0.335. The van der Waals surface area contributed by atoms with Gasteiger partial charge < -0.3 is 11.1 Å². The van der Waals surface area contributed by atoms with E-state index in [-0.39, 0.29) is 0 Å². The molecule has 1 aliphatic rings. The first-order valence-corrected chi connectivity index (χ1v) is 11.3. The van der Waals surface area contributed by atoms with Gasteiger partial charge in [-0.05, 0) is 43.5 Å². The molecular weight excluding hydrogens is 417 g/mol. The molecule has 1 saturated carbocycles. The highest BCUT2D eigenvalue weighted by Crippen LogP contribution is 2.34. The monoisotopic (exact) mass is 445 g/mol. The molecule has 2 aromatic heterocycles. The Kier molecular flexibility index (Phi) is 7.62. The number of amidine groups is 1. The summed E-state index contributed by atoms with van der Waals surface area (Å²) in [5.41, 5.74) is 10.7. The Bertz CT molecular complexity index is 1020. The van der Waals surface area contributed by atoms with Gasteiger partial charge in [-0.1, -0.05) is 62.4 Å². The molecule has 0 aliphatic heterocycles. The molecule has 5 nitrogen and oxygen atoms in total. The number of halogens is 2. The molecule has 160 valence electrons. The largest absolute Gasteiger partial charge is 0.383 e. The summed E-state index contributed by atoms with van der Waals surface area (Å²) in [6.07, 6.45) is 9.85. The zero-order chi connectivity index (χ0) is 21.7. The van der Waals surface area contributed by atoms with E-state index in [9.17, 15) is 0 Å². The molecule has 7 heteroatoms. The van der Waals surface area contributed by atoms with E-state index in [4.69, 9.17) is 28.9 Å². The van der Waals surface area contributed by atoms with Gasteiger partial charge in [0.1, 0.15) is 11.5 Å². The van der Waals surface area contributed by atoms with Crippen LogP contribution < -0.4 is 11.1 Å². The summed E-state index contributed by atoms with van der Waals surface area (Å²) in [6.45, 7) is 6.06. The molecule has 0 amide bonds. The Morgan fingerprint density at radius 3 is 2.50 bits per heavy atom. The van der Waals surface area contributed by atoms with Crippen molar-refractivity contribution in [1.82, 2.24) is 9.61 Å². The van der Waals surface area contributed by atoms with Crippen molar-refractivity contribution in [3.63, 3.8) is 0 Å². The summed E-state index contributed by atoms with van der Waals surface area (Å²) in [5, 5.41) is 9.15. The van der Waals surface area contributed by atoms with E-state index in [0.29, 0.717) is 27.6 Å². The summed E-state index contributed by atoms with van der Waals surface area (Å²) >= 11 is 12.5. The van der Waals surface area contributed by atoms with Gasteiger partial charge in [0.15, 0.2) is 0 Å². The van der Waals surface area contributed by atoms with Gasteiger partial charge in [-0.15, -0.1) is 0 Å². The number of aryl methyl sites for hydroxylation is 1. The van der Waals surface area contributed by atoms with Gasteiger partial charge in [0.2, 0.25) is 0 Å². The highest BCUT2D eigenvalue weighted by atomic mass is 35.5. The second-order valence-corrected chi connectivity index (χ2v) is 8.14. The normalized spacial score (nSPS) is 15.0. The fourth-order valence-corrected chi connectivity index (χ4v) is 4.24. The van der Waals surface area contributed by atoms with Crippen LogP contribution in [-0.2, 0) is 0 Å². The number of fused-ring (bicyclic) bond motifs is 1. The molecule has 0 radical (unpaired) electrons. The van der Waals surface area contributed by atoms with E-state index in [1.807, 2.05) is 24.6 Å². The molecule has 3 aromatic rings. The van der Waals surface area contributed by atoms with Crippen LogP contribution in [0.3, 0.4) is 0 Å². The quantitative estimate of drug-likeness (QED) is 0.344. The highest BCUT2D eigenvalue weighted by molar-refractivity contribution is 6.39. The summed E-state index contributed by atoms with van der Waals surface area (Å²) in [7, 11) is 0. The average Bonchev–Trinajstić information content (AvgIpc) is 3.14. The molecule has 0 spiro atoms. The third kappa shape index (κ3) is 4.90. The van der Waals surface area contributed by atoms with Gasteiger partial charge in [-0.2, -0.15) is 5.10 Å². The predicted molar refractivity (Wildman–Crippen MR) is 129 cm³/mol. The molecule has 1 aliphatic carbocycles. The summed E-state index contributed by atoms with van der Waals surface area (Å²) in [4.78, 5) is 4.54. The van der Waals surface area contributed by atoms with E-state index in [1.165, 1.54) is 19.3 Å². The zero-order valence-corrected chi connectivity index (χ0v) is 19.3. The van der Waals surface area contributed by atoms with Gasteiger partial charge >= 0.3 is 0 Å². The van der Waals surface area contributed by atoms with Crippen LogP contribution in [0.25, 0.3) is 5.52 Å². The van der Waals surface area contributed by atoms with Gasteiger partial charge in [-0.25, -0.2) is 9.51 Å². The summed E-state index contributed by atoms with van der Waals surface area (Å²) in [6, 6.07) is 7.81. The van der Waals surface area contributed by atoms with Crippen LogP contribution in [0.1, 0.15) is 57.1 Å². The van der Waals surface area contributed by atoms with Crippen molar-refractivity contribution in [3.8, 4) is 0 Å². The SMILES string of the molecule is CC.Cc1cc2c(NC3CCCCC3)c(C(N)=Nc3c(Cl)cccc3Cl)cnn2c1. The van der Waals surface area contributed by atoms with Crippen molar-refractivity contribution < 1.29 is 0 Å². The maximum atomic E-state index is 6.41. The summed E-state index contributed by atoms with van der Waals surface area (Å²) < 4.78 is 1.87. The van der Waals surface area contributed by atoms with E-state index in [1.54, 1.807) is 24.4 Å². The number of hydrogen-bond acceptors (Lipinski definition) is 3. The lowest BCUT2D eigenvalue weighted by atomic mass is 9.95. The lowest BCUT2D eigenvalue weighted by molar-refractivity contribution is 0.463. The molecule has 1 aromatic carbocycles. The predicted octanol–water partition coefficient (Wildman–Crippen LogP) is 6.76. The number of nitrogens with zero attached hydrogens (tertiary/aromatic N) is 3. The molecule has 3 N–H and O–H groups in total. The maximum absolute atomic E-state index is 6.41. The molecular formula is C23H29Cl2N5. The Balaban J connectivity index is 0.00000124. The van der Waals surface area contributed by atoms with Crippen LogP contribution in [-0.4, -0.2) is 21.5 Å². The molecule has 0 atom stereocenters. The second kappa shape index (κ2) is 10.2. The van der Waals surface area contributed by atoms with E-state index < -0.39 is 0 Å². The van der Waals surface area contributed by atoms with Crippen LogP contribution >= 0.6 is 23.2 Å². The number of anilines is 1. The van der Waals surface area contributed by atoms with Crippen molar-refractivity contribution in [2.75, 3.05) is 5.32 Å². The molecule has 0 saturated heterocycles. The van der Waals surface area contributed by atoms with E-state index in [0.717, 1.165) is 35.2 Å². The van der Waals surface area contributed by atoms with E-state index in [2.05, 4.69) is 28.4 Å². The van der Waals surface area contributed by atoms with Crippen LogP contribution in [0.15, 0.2) is 41.7 Å². The second-order valence-electron chi connectivity index (χ2n) is 7.33. The zero-order valence-electron chi connectivity index (χ0n) is 17.8. The Morgan fingerprint density at radius 1 is 1.17 bits per heavy atom. The molecule has 4 rings (SSSR count). The standard InChI is InChI=1S/C21H23Cl2N5.C2H6/c1-13-10-18-19(26-14-6-3-2-4-7-14)15(11-25-28(18)12-13)21(24)27-20-16(22)8-5-9-17(20)23;1-2/h5,8-12,14,26H,2-4,6-7H2,1H3,(H2,24,27);1-2H3. The minimum Gasteiger partial charge on any atom is -0.383 e. The van der Waals surface area contributed by atoms with Crippen LogP contribution in [0.2, 0.25) is 10.0 Å². The number of aromatic nitrogens is 2. The lowest BCUT2D eigenvalue weighted by Crippen LogP contribution is -2.25. The van der Waals surface area contributed by atoms with Gasteiger partial charge in [0.25, 0.3) is 0 Å². The first kappa shape index (κ1) is 22.4. The van der Waals surface area contributed by atoms with Gasteiger partial charge in [0, 0.05) is 12.2 Å². The smallest absolute Gasteiger partial charge is 0.135 e. The van der Waals surface area contributed by atoms with Crippen molar-refractivity contribution in [3.05, 3.63) is 57.8 Å². The lowest BCUT2D eigenvalue weighted by Gasteiger charge is -2.25. The van der Waals surface area contributed by atoms with E-state index >= 15 is 0 Å². The third-order valence-corrected chi connectivity index (χ3v) is 5.78. The number of aliphatic imine (C=N–C) groups is 1. The molecule has 0 bridgehead atoms. The highest BCUT2D eigenvalue weighted by Gasteiger charge is 2.19. The first-order chi connectivity index (χ1) is 14.5. The topological polar surface area (TPSA) is 67.7 Å². The van der Waals surface area contributed by atoms with Crippen LogP contribution in [0.5, 0.6) is 0 Å². The molecule has 1 fully saturated rings. The number of nitrogens with one attached hydrogen (secondary N) is 1. The number of nitrogens with two attached hydrogens (primary N) is 1. The first-order valence-electron chi connectivity index (χ1n) is 10.6. The van der Waals surface area contributed by atoms with Gasteiger partial charge in [-0.3, -0.25) is 0 Å². The average molecular weight is 446 g/mol. The fourth-order valence-electron chi connectivity index (χ4n) is 3.76. The Labute approximate surface area is 188 Å². The van der Waals surface area contributed by atoms with Crippen molar-refractivity contribution in [2.24, 2.45) is 10.7 Å². The molecule has 2 heterocycles. The number of rotatable bonds is 4. The van der Waals surface area contributed by atoms with Crippen molar-refractivity contribution in [2.45, 2.75) is 58.9 Å². The Hall–Kier alpha value is -2.24. The van der Waals surface area contributed by atoms with Gasteiger partial charge in [0.05, 0.1) is 33.0 Å². The maximum Gasteiger partial charge on any atom is 0.135 e. The Morgan fingerprint density at radius 2 is 1.83 bits per heavy atom. The van der Waals surface area contributed by atoms with Crippen molar-refractivity contribution >= 4 is 45.9 Å². The molecule has 30 heavy (non-hydrogen) atoms. The number of benzene rings is 1. The minimum absolute atomic E-state index is 0.335. The number of hydrogen-bond donors (Lipinski definition) is 2. The van der Waals surface area contributed by atoms with Crippen molar-refractivity contribution in [1.29, 1.82) is 0 Å². The fraction of sp³-hybridized carbons (Fsp3) is 0.391. The molecule has 0 unspecified atom stereocenters. The minimum atomic E-state index is 0.335. The van der Waals surface area contributed by atoms with Crippen LogP contribution in [0, 0.1) is 6.92 Å². The third-order valence-electron chi connectivity index (χ3n) is 5.17.